The summed E-state index contributed by atoms with van der Waals surface area (Å²) in [5.41, 5.74) is -2.60. The molecule has 9 heteroatoms. The van der Waals surface area contributed by atoms with E-state index in [9.17, 15) is 22.4 Å². The number of hydrogen-bond acceptors (Lipinski definition) is 2. The molecular formula is C12H8ClF4N3O. The Morgan fingerprint density at radius 1 is 1.38 bits per heavy atom. The highest BCUT2D eigenvalue weighted by molar-refractivity contribution is 6.30. The Morgan fingerprint density at radius 2 is 2.05 bits per heavy atom. The van der Waals surface area contributed by atoms with Crippen LogP contribution in [-0.4, -0.2) is 22.5 Å². The molecule has 0 fully saturated rings. The van der Waals surface area contributed by atoms with Crippen LogP contribution in [0.25, 0.3) is 5.69 Å². The molecule has 2 rings (SSSR count). The summed E-state index contributed by atoms with van der Waals surface area (Å²) in [5, 5.41) is 2.09. The Kier molecular flexibility index (Phi) is 3.91. The van der Waals surface area contributed by atoms with Crippen LogP contribution in [-0.2, 0) is 6.18 Å². The predicted molar refractivity (Wildman–Crippen MR) is 66.9 cm³/mol. The molecule has 0 saturated heterocycles. The Bertz CT molecular complexity index is 696. The number of benzene rings is 1. The lowest BCUT2D eigenvalue weighted by Crippen LogP contribution is -2.24. The molecule has 0 atom stereocenters. The van der Waals surface area contributed by atoms with Crippen molar-refractivity contribution in [2.24, 2.45) is 0 Å². The van der Waals surface area contributed by atoms with Crippen molar-refractivity contribution in [1.29, 1.82) is 0 Å². The zero-order valence-electron chi connectivity index (χ0n) is 10.5. The molecule has 0 bridgehead atoms. The summed E-state index contributed by atoms with van der Waals surface area (Å²) in [7, 11) is 1.17. The van der Waals surface area contributed by atoms with E-state index in [0.29, 0.717) is 4.57 Å². The molecule has 21 heavy (non-hydrogen) atoms. The number of aromatic nitrogens is 2. The van der Waals surface area contributed by atoms with Crippen LogP contribution in [0.1, 0.15) is 16.2 Å². The first kappa shape index (κ1) is 15.3. The van der Waals surface area contributed by atoms with Gasteiger partial charge >= 0.3 is 6.18 Å². The monoisotopic (exact) mass is 321 g/mol. The number of rotatable bonds is 2. The predicted octanol–water partition coefficient (Wildman–Crippen LogP) is 3.04. The highest BCUT2D eigenvalue weighted by atomic mass is 35.5. The molecule has 0 radical (unpaired) electrons. The highest BCUT2D eigenvalue weighted by Crippen LogP contribution is 2.34. The quantitative estimate of drug-likeness (QED) is 0.864. The standard InChI is InChI=1S/C12H8ClF4N3O/c1-18-11(21)9-10(12(15,16)17)20(5-19-9)8-3-2-6(13)4-7(8)14/h2-5H,1H3,(H,18,21). The van der Waals surface area contributed by atoms with Gasteiger partial charge in [0.2, 0.25) is 0 Å². The second-order valence-electron chi connectivity index (χ2n) is 3.98. The smallest absolute Gasteiger partial charge is 0.354 e. The maximum absolute atomic E-state index is 13.8. The van der Waals surface area contributed by atoms with Crippen molar-refractivity contribution in [3.05, 3.63) is 46.8 Å². The van der Waals surface area contributed by atoms with Gasteiger partial charge in [-0.3, -0.25) is 9.36 Å². The van der Waals surface area contributed by atoms with Crippen molar-refractivity contribution in [2.75, 3.05) is 7.05 Å². The lowest BCUT2D eigenvalue weighted by molar-refractivity contribution is -0.142. The van der Waals surface area contributed by atoms with Gasteiger partial charge in [-0.05, 0) is 18.2 Å². The maximum atomic E-state index is 13.8. The SMILES string of the molecule is CNC(=O)c1ncn(-c2ccc(Cl)cc2F)c1C(F)(F)F. The normalized spacial score (nSPS) is 11.5. The molecule has 4 nitrogen and oxygen atoms in total. The molecule has 1 amide bonds. The first-order chi connectivity index (χ1) is 9.75. The van der Waals surface area contributed by atoms with Crippen molar-refractivity contribution < 1.29 is 22.4 Å². The third kappa shape index (κ3) is 2.85. The number of carbonyl (C=O) groups excluding carboxylic acids is 1. The second-order valence-corrected chi connectivity index (χ2v) is 4.42. The third-order valence-corrected chi connectivity index (χ3v) is 2.88. The van der Waals surface area contributed by atoms with Crippen molar-refractivity contribution in [3.63, 3.8) is 0 Å². The van der Waals surface area contributed by atoms with Gasteiger partial charge in [0, 0.05) is 12.1 Å². The molecule has 2 aromatic rings. The van der Waals surface area contributed by atoms with E-state index in [-0.39, 0.29) is 5.02 Å². The lowest BCUT2D eigenvalue weighted by atomic mass is 10.2. The van der Waals surface area contributed by atoms with E-state index >= 15 is 0 Å². The molecule has 1 aromatic carbocycles. The van der Waals surface area contributed by atoms with E-state index in [1.165, 1.54) is 13.1 Å². The molecule has 0 aliphatic heterocycles. The zero-order valence-corrected chi connectivity index (χ0v) is 11.3. The summed E-state index contributed by atoms with van der Waals surface area (Å²) in [4.78, 5) is 14.9. The van der Waals surface area contributed by atoms with E-state index in [4.69, 9.17) is 11.6 Å². The van der Waals surface area contributed by atoms with Crippen LogP contribution >= 0.6 is 11.6 Å². The van der Waals surface area contributed by atoms with Crippen molar-refractivity contribution in [1.82, 2.24) is 14.9 Å². The number of halogens is 5. The number of carbonyl (C=O) groups is 1. The Balaban J connectivity index is 2.70. The maximum Gasteiger partial charge on any atom is 0.434 e. The number of hydrogen-bond donors (Lipinski definition) is 1. The van der Waals surface area contributed by atoms with Gasteiger partial charge in [-0.2, -0.15) is 13.2 Å². The zero-order chi connectivity index (χ0) is 15.8. The van der Waals surface area contributed by atoms with E-state index in [0.717, 1.165) is 18.5 Å². The molecule has 1 heterocycles. The molecule has 0 unspecified atom stereocenters. The molecule has 0 spiro atoms. The number of nitrogens with one attached hydrogen (secondary N) is 1. The molecule has 1 aromatic heterocycles. The van der Waals surface area contributed by atoms with Gasteiger partial charge in [-0.25, -0.2) is 9.37 Å². The number of imidazole rings is 1. The van der Waals surface area contributed by atoms with Gasteiger partial charge in [0.1, 0.15) is 12.1 Å². The summed E-state index contributed by atoms with van der Waals surface area (Å²) < 4.78 is 53.7. The first-order valence-electron chi connectivity index (χ1n) is 5.57. The topological polar surface area (TPSA) is 46.9 Å². The fourth-order valence-electron chi connectivity index (χ4n) is 1.76. The van der Waals surface area contributed by atoms with Crippen LogP contribution in [0.3, 0.4) is 0 Å². The molecule has 0 aliphatic rings. The minimum Gasteiger partial charge on any atom is -0.354 e. The Hall–Kier alpha value is -2.09. The van der Waals surface area contributed by atoms with Crippen molar-refractivity contribution >= 4 is 17.5 Å². The summed E-state index contributed by atoms with van der Waals surface area (Å²) in [6, 6.07) is 3.18. The van der Waals surface area contributed by atoms with Gasteiger partial charge < -0.3 is 5.32 Å². The van der Waals surface area contributed by atoms with Crippen LogP contribution in [0.5, 0.6) is 0 Å². The van der Waals surface area contributed by atoms with Crippen molar-refractivity contribution in [3.8, 4) is 5.69 Å². The second kappa shape index (κ2) is 5.36. The molecule has 1 N–H and O–H groups in total. The average molecular weight is 322 g/mol. The summed E-state index contributed by atoms with van der Waals surface area (Å²) in [5.74, 6) is -1.98. The van der Waals surface area contributed by atoms with Crippen LogP contribution in [0.2, 0.25) is 5.02 Å². The summed E-state index contributed by atoms with van der Waals surface area (Å²) in [6.07, 6.45) is -4.15. The van der Waals surface area contributed by atoms with Gasteiger partial charge in [0.25, 0.3) is 5.91 Å². The minimum absolute atomic E-state index is 0.0384. The average Bonchev–Trinajstić information content (AvgIpc) is 2.82. The minimum atomic E-state index is -4.88. The van der Waals surface area contributed by atoms with Gasteiger partial charge in [-0.1, -0.05) is 11.6 Å². The first-order valence-corrected chi connectivity index (χ1v) is 5.95. The Morgan fingerprint density at radius 3 is 2.57 bits per heavy atom. The number of amides is 1. The molecule has 0 saturated carbocycles. The molecular weight excluding hydrogens is 314 g/mol. The molecule has 0 aliphatic carbocycles. The van der Waals surface area contributed by atoms with E-state index < -0.39 is 35.0 Å². The summed E-state index contributed by atoms with van der Waals surface area (Å²) >= 11 is 5.56. The van der Waals surface area contributed by atoms with Crippen LogP contribution in [0.15, 0.2) is 24.5 Å². The van der Waals surface area contributed by atoms with E-state index in [1.807, 2.05) is 0 Å². The van der Waals surface area contributed by atoms with E-state index in [1.54, 1.807) is 0 Å². The van der Waals surface area contributed by atoms with Crippen LogP contribution in [0, 0.1) is 5.82 Å². The highest BCUT2D eigenvalue weighted by Gasteiger charge is 2.40. The molecule has 112 valence electrons. The van der Waals surface area contributed by atoms with Gasteiger partial charge in [0.05, 0.1) is 5.69 Å². The summed E-state index contributed by atoms with van der Waals surface area (Å²) in [6.45, 7) is 0. The number of alkyl halides is 3. The van der Waals surface area contributed by atoms with Gasteiger partial charge in [0.15, 0.2) is 11.4 Å². The third-order valence-electron chi connectivity index (χ3n) is 2.65. The largest absolute Gasteiger partial charge is 0.434 e. The van der Waals surface area contributed by atoms with Gasteiger partial charge in [-0.15, -0.1) is 0 Å². The van der Waals surface area contributed by atoms with Crippen LogP contribution < -0.4 is 5.32 Å². The fourth-order valence-corrected chi connectivity index (χ4v) is 1.92. The Labute approximate surface area is 121 Å². The fraction of sp³-hybridized carbons (Fsp3) is 0.167. The number of nitrogens with zero attached hydrogens (tertiary/aromatic N) is 2. The van der Waals surface area contributed by atoms with E-state index in [2.05, 4.69) is 10.3 Å². The lowest BCUT2D eigenvalue weighted by Gasteiger charge is -2.13. The van der Waals surface area contributed by atoms with Crippen molar-refractivity contribution in [2.45, 2.75) is 6.18 Å². The van der Waals surface area contributed by atoms with Crippen LogP contribution in [0.4, 0.5) is 17.6 Å².